The van der Waals surface area contributed by atoms with Crippen molar-refractivity contribution in [3.63, 3.8) is 0 Å². The summed E-state index contributed by atoms with van der Waals surface area (Å²) in [6.45, 7) is 3.14. The van der Waals surface area contributed by atoms with E-state index in [0.717, 1.165) is 25.0 Å². The molecular formula is C9H16O3S. The van der Waals surface area contributed by atoms with Crippen molar-refractivity contribution in [1.29, 1.82) is 0 Å². The SMILES string of the molecule is CCCCOC(=O)C1CCSOC1. The minimum Gasteiger partial charge on any atom is -0.465 e. The van der Waals surface area contributed by atoms with Gasteiger partial charge in [0, 0.05) is 5.75 Å². The Morgan fingerprint density at radius 2 is 2.54 bits per heavy atom. The van der Waals surface area contributed by atoms with Gasteiger partial charge in [0.05, 0.1) is 19.1 Å². The Labute approximate surface area is 83.4 Å². The Morgan fingerprint density at radius 1 is 1.69 bits per heavy atom. The molecule has 3 nitrogen and oxygen atoms in total. The molecule has 0 aromatic rings. The molecule has 0 amide bonds. The van der Waals surface area contributed by atoms with E-state index in [4.69, 9.17) is 8.92 Å². The first-order valence-corrected chi connectivity index (χ1v) is 5.66. The summed E-state index contributed by atoms with van der Waals surface area (Å²) >= 11 is 1.44. The van der Waals surface area contributed by atoms with E-state index in [9.17, 15) is 4.79 Å². The van der Waals surface area contributed by atoms with Gasteiger partial charge in [-0.3, -0.25) is 4.79 Å². The average molecular weight is 204 g/mol. The predicted molar refractivity (Wildman–Crippen MR) is 52.4 cm³/mol. The molecule has 1 heterocycles. The van der Waals surface area contributed by atoms with Crippen molar-refractivity contribution in [3.05, 3.63) is 0 Å². The summed E-state index contributed by atoms with van der Waals surface area (Å²) in [5.41, 5.74) is 0. The summed E-state index contributed by atoms with van der Waals surface area (Å²) in [4.78, 5) is 11.4. The van der Waals surface area contributed by atoms with Gasteiger partial charge in [-0.2, -0.15) is 0 Å². The molecule has 1 atom stereocenters. The topological polar surface area (TPSA) is 35.5 Å². The second kappa shape index (κ2) is 6.27. The van der Waals surface area contributed by atoms with Gasteiger partial charge < -0.3 is 8.92 Å². The lowest BCUT2D eigenvalue weighted by Gasteiger charge is -2.19. The normalized spacial score (nSPS) is 22.7. The first-order chi connectivity index (χ1) is 6.34. The van der Waals surface area contributed by atoms with Gasteiger partial charge in [0.2, 0.25) is 0 Å². The molecule has 4 heteroatoms. The molecule has 1 unspecified atom stereocenters. The van der Waals surface area contributed by atoms with Gasteiger partial charge in [-0.05, 0) is 24.9 Å². The van der Waals surface area contributed by atoms with Gasteiger partial charge in [0.1, 0.15) is 0 Å². The van der Waals surface area contributed by atoms with Crippen LogP contribution in [0.3, 0.4) is 0 Å². The summed E-state index contributed by atoms with van der Waals surface area (Å²) in [5.74, 6) is 0.778. The Morgan fingerprint density at radius 3 is 3.15 bits per heavy atom. The lowest BCUT2D eigenvalue weighted by molar-refractivity contribution is -0.149. The van der Waals surface area contributed by atoms with Crippen molar-refractivity contribution in [2.75, 3.05) is 19.0 Å². The third-order valence-electron chi connectivity index (χ3n) is 1.98. The Balaban J connectivity index is 2.13. The fourth-order valence-corrected chi connectivity index (χ4v) is 1.84. The molecular weight excluding hydrogens is 188 g/mol. The summed E-state index contributed by atoms with van der Waals surface area (Å²) in [6.07, 6.45) is 2.90. The highest BCUT2D eigenvalue weighted by atomic mass is 32.2. The minimum atomic E-state index is -0.0891. The van der Waals surface area contributed by atoms with Crippen LogP contribution in [0.2, 0.25) is 0 Å². The molecule has 0 aromatic heterocycles. The van der Waals surface area contributed by atoms with Crippen LogP contribution in [0.1, 0.15) is 26.2 Å². The zero-order valence-electron chi connectivity index (χ0n) is 7.95. The van der Waals surface area contributed by atoms with Crippen LogP contribution >= 0.6 is 12.0 Å². The van der Waals surface area contributed by atoms with Crippen LogP contribution in [-0.4, -0.2) is 24.9 Å². The van der Waals surface area contributed by atoms with Crippen molar-refractivity contribution in [3.8, 4) is 0 Å². The molecule has 0 bridgehead atoms. The molecule has 0 aromatic carbocycles. The smallest absolute Gasteiger partial charge is 0.311 e. The number of hydrogen-bond acceptors (Lipinski definition) is 4. The number of rotatable bonds is 4. The highest BCUT2D eigenvalue weighted by molar-refractivity contribution is 7.94. The van der Waals surface area contributed by atoms with Crippen LogP contribution in [0.5, 0.6) is 0 Å². The van der Waals surface area contributed by atoms with Crippen LogP contribution in [0, 0.1) is 5.92 Å². The van der Waals surface area contributed by atoms with Crippen molar-refractivity contribution >= 4 is 18.0 Å². The maximum atomic E-state index is 11.4. The summed E-state index contributed by atoms with van der Waals surface area (Å²) in [5, 5.41) is 0. The molecule has 0 N–H and O–H groups in total. The molecule has 13 heavy (non-hydrogen) atoms. The van der Waals surface area contributed by atoms with Gasteiger partial charge in [0.15, 0.2) is 0 Å². The van der Waals surface area contributed by atoms with Crippen LogP contribution in [0.4, 0.5) is 0 Å². The lowest BCUT2D eigenvalue weighted by atomic mass is 10.1. The summed E-state index contributed by atoms with van der Waals surface area (Å²) in [6, 6.07) is 0. The van der Waals surface area contributed by atoms with Gasteiger partial charge in [-0.15, -0.1) is 0 Å². The standard InChI is InChI=1S/C9H16O3S/c1-2-3-5-11-9(10)8-4-6-13-12-7-8/h8H,2-7H2,1H3. The number of ether oxygens (including phenoxy) is 1. The molecule has 0 saturated carbocycles. The van der Waals surface area contributed by atoms with Gasteiger partial charge in [-0.25, -0.2) is 0 Å². The zero-order chi connectivity index (χ0) is 9.52. The first-order valence-electron chi connectivity index (χ1n) is 4.75. The molecule has 0 aliphatic carbocycles. The van der Waals surface area contributed by atoms with Crippen LogP contribution in [0.25, 0.3) is 0 Å². The van der Waals surface area contributed by atoms with Gasteiger partial charge in [-0.1, -0.05) is 13.3 Å². The third kappa shape index (κ3) is 4.00. The van der Waals surface area contributed by atoms with Crippen molar-refractivity contribution in [2.45, 2.75) is 26.2 Å². The lowest BCUT2D eigenvalue weighted by Crippen LogP contribution is -2.25. The van der Waals surface area contributed by atoms with Crippen molar-refractivity contribution in [2.24, 2.45) is 5.92 Å². The molecule has 0 radical (unpaired) electrons. The largest absolute Gasteiger partial charge is 0.465 e. The average Bonchev–Trinajstić information content (AvgIpc) is 2.19. The maximum Gasteiger partial charge on any atom is 0.311 e. The summed E-state index contributed by atoms with van der Waals surface area (Å²) < 4.78 is 10.2. The van der Waals surface area contributed by atoms with Gasteiger partial charge >= 0.3 is 5.97 Å². The molecule has 1 fully saturated rings. The second-order valence-corrected chi connectivity index (χ2v) is 3.99. The summed E-state index contributed by atoms with van der Waals surface area (Å²) in [7, 11) is 0. The van der Waals surface area contributed by atoms with E-state index in [0.29, 0.717) is 13.2 Å². The molecule has 1 rings (SSSR count). The zero-order valence-corrected chi connectivity index (χ0v) is 8.77. The number of hydrogen-bond donors (Lipinski definition) is 0. The molecule has 1 saturated heterocycles. The fourth-order valence-electron chi connectivity index (χ4n) is 1.08. The number of esters is 1. The quantitative estimate of drug-likeness (QED) is 0.399. The third-order valence-corrected chi connectivity index (χ3v) is 2.68. The van der Waals surface area contributed by atoms with Crippen LogP contribution in [-0.2, 0) is 13.7 Å². The Hall–Kier alpha value is -0.220. The van der Waals surface area contributed by atoms with E-state index in [1.165, 1.54) is 12.0 Å². The molecule has 1 aliphatic rings. The maximum absolute atomic E-state index is 11.4. The fraction of sp³-hybridized carbons (Fsp3) is 0.889. The Kier molecular flexibility index (Phi) is 5.23. The van der Waals surface area contributed by atoms with E-state index in [1.54, 1.807) is 0 Å². The van der Waals surface area contributed by atoms with E-state index >= 15 is 0 Å². The van der Waals surface area contributed by atoms with Gasteiger partial charge in [0.25, 0.3) is 0 Å². The monoisotopic (exact) mass is 204 g/mol. The van der Waals surface area contributed by atoms with E-state index in [1.807, 2.05) is 0 Å². The molecule has 1 aliphatic heterocycles. The number of carbonyl (C=O) groups excluding carboxylic acids is 1. The van der Waals surface area contributed by atoms with Crippen LogP contribution < -0.4 is 0 Å². The van der Waals surface area contributed by atoms with Crippen molar-refractivity contribution in [1.82, 2.24) is 0 Å². The van der Waals surface area contributed by atoms with E-state index in [2.05, 4.69) is 6.92 Å². The van der Waals surface area contributed by atoms with Crippen molar-refractivity contribution < 1.29 is 13.7 Å². The Bertz CT molecular complexity index is 155. The predicted octanol–water partition coefficient (Wildman–Crippen LogP) is 2.01. The number of unbranched alkanes of at least 4 members (excludes halogenated alkanes) is 1. The molecule has 0 spiro atoms. The first kappa shape index (κ1) is 10.9. The second-order valence-electron chi connectivity index (χ2n) is 3.11. The van der Waals surface area contributed by atoms with E-state index < -0.39 is 0 Å². The minimum absolute atomic E-state index is 0.0295. The highest BCUT2D eigenvalue weighted by Crippen LogP contribution is 2.20. The molecule has 76 valence electrons. The number of carbonyl (C=O) groups is 1. The highest BCUT2D eigenvalue weighted by Gasteiger charge is 2.23. The van der Waals surface area contributed by atoms with E-state index in [-0.39, 0.29) is 11.9 Å². The van der Waals surface area contributed by atoms with Crippen LogP contribution in [0.15, 0.2) is 0 Å².